The normalized spacial score (nSPS) is 20.9. The minimum absolute atomic E-state index is 0.0211. The average molecular weight is 452 g/mol. The summed E-state index contributed by atoms with van der Waals surface area (Å²) in [5, 5.41) is 13.4. The van der Waals surface area contributed by atoms with Crippen molar-refractivity contribution in [3.05, 3.63) is 65.5 Å². The van der Waals surface area contributed by atoms with E-state index in [1.54, 1.807) is 48.8 Å². The summed E-state index contributed by atoms with van der Waals surface area (Å²) in [4.78, 5) is 33.1. The molecule has 2 fully saturated rings. The highest BCUT2D eigenvalue weighted by molar-refractivity contribution is 6.46. The van der Waals surface area contributed by atoms with Crippen molar-refractivity contribution in [2.75, 3.05) is 46.0 Å². The Hall–Kier alpha value is -3.23. The summed E-state index contributed by atoms with van der Waals surface area (Å²) >= 11 is 0. The number of pyridine rings is 1. The number of carbonyl (C=O) groups excluding carboxylic acids is 2. The lowest BCUT2D eigenvalue weighted by Crippen LogP contribution is -3.14. The number of nitrogens with zero attached hydrogens (tertiary/aromatic N) is 2. The predicted octanol–water partition coefficient (Wildman–Crippen LogP) is 0.00950. The van der Waals surface area contributed by atoms with E-state index in [4.69, 9.17) is 9.47 Å². The molecular weight excluding hydrogens is 422 g/mol. The molecule has 0 saturated carbocycles. The van der Waals surface area contributed by atoms with Crippen molar-refractivity contribution in [2.45, 2.75) is 19.4 Å². The number of nitrogens with one attached hydrogen (secondary N) is 1. The molecule has 8 nitrogen and oxygen atoms in total. The molecule has 8 heteroatoms. The van der Waals surface area contributed by atoms with Gasteiger partial charge in [-0.2, -0.15) is 0 Å². The third-order valence-electron chi connectivity index (χ3n) is 6.03. The molecule has 2 aliphatic rings. The molecule has 3 heterocycles. The highest BCUT2D eigenvalue weighted by Crippen LogP contribution is 2.38. The van der Waals surface area contributed by atoms with Gasteiger partial charge in [-0.05, 0) is 35.7 Å². The van der Waals surface area contributed by atoms with E-state index in [1.165, 1.54) is 9.80 Å². The minimum atomic E-state index is -0.748. The van der Waals surface area contributed by atoms with Crippen LogP contribution in [0.3, 0.4) is 0 Å². The van der Waals surface area contributed by atoms with E-state index in [1.807, 2.05) is 6.92 Å². The topological polar surface area (TPSA) is 96.2 Å². The third kappa shape index (κ3) is 5.07. The zero-order valence-corrected chi connectivity index (χ0v) is 18.8. The maximum Gasteiger partial charge on any atom is 0.295 e. The van der Waals surface area contributed by atoms with Crippen molar-refractivity contribution in [1.82, 2.24) is 9.88 Å². The second-order valence-electron chi connectivity index (χ2n) is 8.24. The minimum Gasteiger partial charge on any atom is -0.872 e. The number of rotatable bonds is 8. The number of Topliss-reactive ketones (excluding diaryl/α,β-unsaturated/α-hetero) is 1. The summed E-state index contributed by atoms with van der Waals surface area (Å²) in [6.07, 6.45) is 4.12. The van der Waals surface area contributed by atoms with Gasteiger partial charge < -0.3 is 24.4 Å². The van der Waals surface area contributed by atoms with Crippen LogP contribution >= 0.6 is 0 Å². The van der Waals surface area contributed by atoms with Crippen LogP contribution in [0.15, 0.2) is 54.4 Å². The van der Waals surface area contributed by atoms with Crippen molar-refractivity contribution >= 4 is 17.4 Å². The molecule has 2 aromatic rings. The molecule has 2 saturated heterocycles. The van der Waals surface area contributed by atoms with Gasteiger partial charge in [0.25, 0.3) is 5.91 Å². The molecule has 174 valence electrons. The van der Waals surface area contributed by atoms with Gasteiger partial charge in [0.1, 0.15) is 18.8 Å². The molecule has 0 spiro atoms. The Bertz CT molecular complexity index is 1000. The van der Waals surface area contributed by atoms with E-state index in [0.717, 1.165) is 19.5 Å². The Balaban J connectivity index is 1.66. The Kier molecular flexibility index (Phi) is 7.36. The molecule has 1 unspecified atom stereocenters. The largest absolute Gasteiger partial charge is 0.872 e. The molecule has 1 aromatic carbocycles. The smallest absolute Gasteiger partial charge is 0.295 e. The van der Waals surface area contributed by atoms with E-state index in [0.29, 0.717) is 49.8 Å². The van der Waals surface area contributed by atoms with Crippen molar-refractivity contribution in [3.8, 4) is 5.75 Å². The van der Waals surface area contributed by atoms with Gasteiger partial charge in [-0.3, -0.25) is 14.6 Å². The molecule has 4 rings (SSSR count). The number of ketones is 1. The lowest BCUT2D eigenvalue weighted by Gasteiger charge is -2.30. The first kappa shape index (κ1) is 22.9. The van der Waals surface area contributed by atoms with Crippen LogP contribution in [0, 0.1) is 0 Å². The molecule has 1 aromatic heterocycles. The first-order chi connectivity index (χ1) is 16.1. The van der Waals surface area contributed by atoms with Crippen molar-refractivity contribution in [3.63, 3.8) is 0 Å². The van der Waals surface area contributed by atoms with Gasteiger partial charge in [0, 0.05) is 18.0 Å². The number of aromatic nitrogens is 1. The Morgan fingerprint density at radius 3 is 2.64 bits per heavy atom. The number of amides is 1. The Morgan fingerprint density at radius 1 is 1.21 bits per heavy atom. The van der Waals surface area contributed by atoms with Crippen LogP contribution in [0.4, 0.5) is 0 Å². The van der Waals surface area contributed by atoms with E-state index in [-0.39, 0.29) is 5.57 Å². The summed E-state index contributed by atoms with van der Waals surface area (Å²) in [5.74, 6) is -1.16. The number of hydrogen-bond donors (Lipinski definition) is 1. The van der Waals surface area contributed by atoms with Crippen LogP contribution < -0.4 is 14.7 Å². The lowest BCUT2D eigenvalue weighted by atomic mass is 9.96. The molecule has 1 amide bonds. The van der Waals surface area contributed by atoms with Gasteiger partial charge in [0.2, 0.25) is 5.78 Å². The van der Waals surface area contributed by atoms with Gasteiger partial charge >= 0.3 is 0 Å². The number of carbonyl (C=O) groups is 2. The Labute approximate surface area is 193 Å². The SMILES string of the molecule is CCCOc1ccc(C([O-])=C2C(=O)C(=O)N(CC[NH+]3CCOCC3)C2c2cccnc2)cc1. The number of morpholine rings is 1. The molecule has 0 bridgehead atoms. The van der Waals surface area contributed by atoms with E-state index < -0.39 is 23.5 Å². The maximum absolute atomic E-state index is 13.4. The van der Waals surface area contributed by atoms with Crippen LogP contribution in [-0.4, -0.2) is 67.6 Å². The van der Waals surface area contributed by atoms with Gasteiger partial charge in [0.15, 0.2) is 0 Å². The number of ether oxygens (including phenoxy) is 2. The first-order valence-corrected chi connectivity index (χ1v) is 11.4. The van der Waals surface area contributed by atoms with E-state index >= 15 is 0 Å². The third-order valence-corrected chi connectivity index (χ3v) is 6.03. The molecule has 1 atom stereocenters. The van der Waals surface area contributed by atoms with Crippen molar-refractivity contribution in [1.29, 1.82) is 0 Å². The summed E-state index contributed by atoms with van der Waals surface area (Å²) in [6.45, 7) is 6.74. The second kappa shape index (κ2) is 10.6. The molecule has 0 radical (unpaired) electrons. The highest BCUT2D eigenvalue weighted by Gasteiger charge is 2.44. The fraction of sp³-hybridized carbons (Fsp3) is 0.400. The van der Waals surface area contributed by atoms with Crippen molar-refractivity contribution < 1.29 is 29.1 Å². The second-order valence-corrected chi connectivity index (χ2v) is 8.24. The van der Waals surface area contributed by atoms with Crippen LogP contribution in [0.5, 0.6) is 5.75 Å². The van der Waals surface area contributed by atoms with E-state index in [9.17, 15) is 14.7 Å². The molecule has 0 aliphatic carbocycles. The number of likely N-dealkylation sites (tertiary alicyclic amines) is 1. The highest BCUT2D eigenvalue weighted by atomic mass is 16.5. The predicted molar refractivity (Wildman–Crippen MR) is 119 cm³/mol. The fourth-order valence-electron chi connectivity index (χ4n) is 4.25. The molecular formula is C25H29N3O5. The summed E-state index contributed by atoms with van der Waals surface area (Å²) in [6, 6.07) is 9.50. The van der Waals surface area contributed by atoms with Crippen molar-refractivity contribution in [2.24, 2.45) is 0 Å². The molecule has 2 aliphatic heterocycles. The summed E-state index contributed by atoms with van der Waals surface area (Å²) in [7, 11) is 0. The van der Waals surface area contributed by atoms with E-state index in [2.05, 4.69) is 4.98 Å². The zero-order chi connectivity index (χ0) is 23.2. The summed E-state index contributed by atoms with van der Waals surface area (Å²) < 4.78 is 11.0. The lowest BCUT2D eigenvalue weighted by molar-refractivity contribution is -0.907. The van der Waals surface area contributed by atoms with Crippen LogP contribution in [0.25, 0.3) is 5.76 Å². The van der Waals surface area contributed by atoms with Crippen LogP contribution in [0.1, 0.15) is 30.5 Å². The Morgan fingerprint density at radius 2 is 1.97 bits per heavy atom. The first-order valence-electron chi connectivity index (χ1n) is 11.4. The zero-order valence-electron chi connectivity index (χ0n) is 18.8. The fourth-order valence-corrected chi connectivity index (χ4v) is 4.25. The van der Waals surface area contributed by atoms with Gasteiger partial charge in [-0.25, -0.2) is 0 Å². The average Bonchev–Trinajstić information content (AvgIpc) is 3.12. The van der Waals surface area contributed by atoms with Gasteiger partial charge in [-0.1, -0.05) is 30.9 Å². The number of benzene rings is 1. The van der Waals surface area contributed by atoms with Gasteiger partial charge in [0.05, 0.1) is 39.0 Å². The maximum atomic E-state index is 13.4. The van der Waals surface area contributed by atoms with Gasteiger partial charge in [-0.15, -0.1) is 0 Å². The summed E-state index contributed by atoms with van der Waals surface area (Å²) in [5.41, 5.74) is 0.983. The van der Waals surface area contributed by atoms with Crippen LogP contribution in [-0.2, 0) is 14.3 Å². The quantitative estimate of drug-likeness (QED) is 0.345. The molecule has 1 N–H and O–H groups in total. The monoisotopic (exact) mass is 451 g/mol. The number of quaternary nitrogens is 1. The standard InChI is InChI=1S/C25H29N3O5/c1-2-14-33-20-7-5-18(6-8-20)23(29)21-22(19-4-3-9-26-17-19)28(25(31)24(21)30)11-10-27-12-15-32-16-13-27/h3-9,17,22,29H,2,10-16H2,1H3. The number of hydrogen-bond acceptors (Lipinski definition) is 6. The van der Waals surface area contributed by atoms with Crippen LogP contribution in [0.2, 0.25) is 0 Å². The molecule has 33 heavy (non-hydrogen) atoms.